The molecule has 0 saturated heterocycles. The summed E-state index contributed by atoms with van der Waals surface area (Å²) < 4.78 is 3.35. The summed E-state index contributed by atoms with van der Waals surface area (Å²) in [7, 11) is 2.07. The van der Waals surface area contributed by atoms with Crippen molar-refractivity contribution in [3.05, 3.63) is 15.9 Å². The molecule has 1 heterocycles. The van der Waals surface area contributed by atoms with Crippen molar-refractivity contribution in [2.24, 2.45) is 5.92 Å². The molecule has 0 amide bonds. The summed E-state index contributed by atoms with van der Waals surface area (Å²) in [6.45, 7) is 9.85. The van der Waals surface area contributed by atoms with Crippen molar-refractivity contribution in [1.82, 2.24) is 15.1 Å². The van der Waals surface area contributed by atoms with Gasteiger partial charge in [0.05, 0.1) is 15.9 Å². The highest BCUT2D eigenvalue weighted by Gasteiger charge is 2.21. The summed E-state index contributed by atoms with van der Waals surface area (Å²) in [6.07, 6.45) is 4.53. The Bertz CT molecular complexity index is 387. The van der Waals surface area contributed by atoms with Crippen LogP contribution in [-0.2, 0) is 19.4 Å². The van der Waals surface area contributed by atoms with Crippen molar-refractivity contribution in [1.29, 1.82) is 0 Å². The minimum atomic E-state index is 0.517. The molecule has 1 N–H and O–H groups in total. The van der Waals surface area contributed by atoms with Gasteiger partial charge in [0.2, 0.25) is 0 Å². The molecular formula is C15H28BrN3. The highest BCUT2D eigenvalue weighted by Crippen LogP contribution is 2.25. The van der Waals surface area contributed by atoms with Crippen LogP contribution in [0.3, 0.4) is 0 Å². The lowest BCUT2D eigenvalue weighted by molar-refractivity contribution is 0.364. The molecule has 3 nitrogen and oxygen atoms in total. The molecule has 110 valence electrons. The second-order valence-electron chi connectivity index (χ2n) is 5.24. The predicted molar refractivity (Wildman–Crippen MR) is 85.6 cm³/mol. The third-order valence-electron chi connectivity index (χ3n) is 3.91. The Hall–Kier alpha value is -0.350. The number of rotatable bonds is 8. The van der Waals surface area contributed by atoms with Crippen molar-refractivity contribution in [2.45, 2.75) is 66.0 Å². The van der Waals surface area contributed by atoms with Crippen LogP contribution in [0.15, 0.2) is 4.47 Å². The number of hydrogen-bond acceptors (Lipinski definition) is 2. The molecule has 0 radical (unpaired) electrons. The second-order valence-corrected chi connectivity index (χ2v) is 6.03. The zero-order chi connectivity index (χ0) is 14.4. The maximum Gasteiger partial charge on any atom is 0.0766 e. The van der Waals surface area contributed by atoms with Crippen LogP contribution >= 0.6 is 15.9 Å². The molecule has 1 rings (SSSR count). The standard InChI is InChI=1S/C15H28BrN3/c1-6-9-11(4)13(17-5)10-14-15(16)12(7-2)18-19(14)8-3/h11,13,17H,6-10H2,1-5H3. The number of nitrogens with zero attached hydrogens (tertiary/aromatic N) is 2. The van der Waals surface area contributed by atoms with E-state index in [0.717, 1.165) is 19.4 Å². The lowest BCUT2D eigenvalue weighted by Gasteiger charge is -2.23. The second kappa shape index (κ2) is 8.05. The van der Waals surface area contributed by atoms with Gasteiger partial charge in [-0.1, -0.05) is 27.2 Å². The van der Waals surface area contributed by atoms with E-state index in [-0.39, 0.29) is 0 Å². The largest absolute Gasteiger partial charge is 0.316 e. The maximum atomic E-state index is 4.68. The zero-order valence-corrected chi connectivity index (χ0v) is 14.5. The topological polar surface area (TPSA) is 29.9 Å². The molecular weight excluding hydrogens is 302 g/mol. The van der Waals surface area contributed by atoms with E-state index in [2.05, 4.69) is 65.8 Å². The van der Waals surface area contributed by atoms with Crippen molar-refractivity contribution in [3.8, 4) is 0 Å². The fourth-order valence-corrected chi connectivity index (χ4v) is 3.39. The summed E-state index contributed by atoms with van der Waals surface area (Å²) in [5.74, 6) is 0.687. The van der Waals surface area contributed by atoms with Gasteiger partial charge in [0.25, 0.3) is 0 Å². The molecule has 2 atom stereocenters. The first-order valence-electron chi connectivity index (χ1n) is 7.50. The SMILES string of the molecule is CCCC(C)C(Cc1c(Br)c(CC)nn1CC)NC. The van der Waals surface area contributed by atoms with Crippen molar-refractivity contribution in [2.75, 3.05) is 7.05 Å². The average molecular weight is 330 g/mol. The Morgan fingerprint density at radius 1 is 1.32 bits per heavy atom. The van der Waals surface area contributed by atoms with Crippen molar-refractivity contribution < 1.29 is 0 Å². The van der Waals surface area contributed by atoms with E-state index in [1.165, 1.54) is 28.7 Å². The number of aromatic nitrogens is 2. The van der Waals surface area contributed by atoms with Crippen LogP contribution in [0, 0.1) is 5.92 Å². The van der Waals surface area contributed by atoms with Crippen LogP contribution in [-0.4, -0.2) is 22.9 Å². The van der Waals surface area contributed by atoms with E-state index >= 15 is 0 Å². The van der Waals surface area contributed by atoms with Gasteiger partial charge in [0.1, 0.15) is 0 Å². The van der Waals surface area contributed by atoms with Crippen LogP contribution in [0.1, 0.15) is 51.9 Å². The normalized spacial score (nSPS) is 14.6. The molecule has 2 unspecified atom stereocenters. The average Bonchev–Trinajstić information content (AvgIpc) is 2.72. The molecule has 19 heavy (non-hydrogen) atoms. The van der Waals surface area contributed by atoms with Gasteiger partial charge >= 0.3 is 0 Å². The van der Waals surface area contributed by atoms with E-state index < -0.39 is 0 Å². The molecule has 0 saturated carbocycles. The summed E-state index contributed by atoms with van der Waals surface area (Å²) in [5.41, 5.74) is 2.51. The summed E-state index contributed by atoms with van der Waals surface area (Å²) in [4.78, 5) is 0. The Morgan fingerprint density at radius 3 is 2.47 bits per heavy atom. The smallest absolute Gasteiger partial charge is 0.0766 e. The first-order valence-corrected chi connectivity index (χ1v) is 8.29. The lowest BCUT2D eigenvalue weighted by Crippen LogP contribution is -2.35. The van der Waals surface area contributed by atoms with E-state index in [1.807, 2.05) is 0 Å². The van der Waals surface area contributed by atoms with Gasteiger partial charge in [-0.3, -0.25) is 4.68 Å². The van der Waals surface area contributed by atoms with E-state index in [4.69, 9.17) is 0 Å². The number of likely N-dealkylation sites (N-methyl/N-ethyl adjacent to an activating group) is 1. The van der Waals surface area contributed by atoms with Crippen LogP contribution < -0.4 is 5.32 Å². The maximum absolute atomic E-state index is 4.68. The molecule has 0 fully saturated rings. The van der Waals surface area contributed by atoms with Gasteiger partial charge in [0.15, 0.2) is 0 Å². The third kappa shape index (κ3) is 4.06. The first kappa shape index (κ1) is 16.7. The highest BCUT2D eigenvalue weighted by molar-refractivity contribution is 9.10. The highest BCUT2D eigenvalue weighted by atomic mass is 79.9. The van der Waals surface area contributed by atoms with Crippen LogP contribution in [0.4, 0.5) is 0 Å². The van der Waals surface area contributed by atoms with Gasteiger partial charge in [-0.05, 0) is 48.7 Å². The first-order chi connectivity index (χ1) is 9.08. The molecule has 0 aliphatic rings. The minimum absolute atomic E-state index is 0.517. The minimum Gasteiger partial charge on any atom is -0.316 e. The van der Waals surface area contributed by atoms with Gasteiger partial charge < -0.3 is 5.32 Å². The Balaban J connectivity index is 2.92. The molecule has 1 aromatic heterocycles. The van der Waals surface area contributed by atoms with E-state index in [1.54, 1.807) is 0 Å². The number of halogens is 1. The van der Waals surface area contributed by atoms with Crippen LogP contribution in [0.5, 0.6) is 0 Å². The molecule has 1 aromatic rings. The Labute approximate surface area is 126 Å². The number of hydrogen-bond donors (Lipinski definition) is 1. The van der Waals surface area contributed by atoms with Gasteiger partial charge in [-0.15, -0.1) is 0 Å². The number of aryl methyl sites for hydroxylation is 2. The molecule has 0 aliphatic carbocycles. The molecule has 0 bridgehead atoms. The van der Waals surface area contributed by atoms with E-state index in [0.29, 0.717) is 12.0 Å². The Morgan fingerprint density at radius 2 is 2.00 bits per heavy atom. The monoisotopic (exact) mass is 329 g/mol. The quantitative estimate of drug-likeness (QED) is 0.786. The predicted octanol–water partition coefficient (Wildman–Crippen LogP) is 3.79. The van der Waals surface area contributed by atoms with Gasteiger partial charge in [0, 0.05) is 19.0 Å². The molecule has 0 aliphatic heterocycles. The van der Waals surface area contributed by atoms with Crippen molar-refractivity contribution >= 4 is 15.9 Å². The zero-order valence-electron chi connectivity index (χ0n) is 13.0. The summed E-state index contributed by atoms with van der Waals surface area (Å²) in [5, 5.41) is 8.16. The number of nitrogens with one attached hydrogen (secondary N) is 1. The fraction of sp³-hybridized carbons (Fsp3) is 0.800. The molecule has 0 spiro atoms. The van der Waals surface area contributed by atoms with E-state index in [9.17, 15) is 0 Å². The van der Waals surface area contributed by atoms with Crippen LogP contribution in [0.2, 0.25) is 0 Å². The van der Waals surface area contributed by atoms with Crippen molar-refractivity contribution in [3.63, 3.8) is 0 Å². The molecule has 4 heteroatoms. The lowest BCUT2D eigenvalue weighted by atomic mass is 9.93. The summed E-state index contributed by atoms with van der Waals surface area (Å²) in [6, 6.07) is 0.517. The molecule has 0 aromatic carbocycles. The van der Waals surface area contributed by atoms with Gasteiger partial charge in [-0.25, -0.2) is 0 Å². The summed E-state index contributed by atoms with van der Waals surface area (Å²) >= 11 is 3.74. The van der Waals surface area contributed by atoms with Gasteiger partial charge in [-0.2, -0.15) is 5.10 Å². The Kier molecular flexibility index (Phi) is 7.08. The van der Waals surface area contributed by atoms with Crippen LogP contribution in [0.25, 0.3) is 0 Å². The fourth-order valence-electron chi connectivity index (χ4n) is 2.66. The third-order valence-corrected chi connectivity index (χ3v) is 4.82.